The standard InChI is InChI=1S/C41H48N2O5Si/c1-30-25-31(27-48-49(41(2,3)4,32-15-7-5-8-16-32)33-17-9-6-10-18-33)43(26-30)39(44)29-46-24-23-42-40(45)47-28-38-36-21-13-11-19-34(36)35-20-12-14-22-37(35)38/h5-22,30-31,38H,23-29H2,1-4H3,(H,42,45)/p-1/t30-,31+/m1/s1. The van der Waals surface area contributed by atoms with Crippen molar-refractivity contribution in [1.82, 2.24) is 4.90 Å². The molecule has 1 heterocycles. The number of benzene rings is 4. The Morgan fingerprint density at radius 3 is 1.96 bits per heavy atom. The van der Waals surface area contributed by atoms with Crippen molar-refractivity contribution in [2.24, 2.45) is 10.9 Å². The zero-order chi connectivity index (χ0) is 34.4. The minimum absolute atomic E-state index is 0.0168. The second-order valence-electron chi connectivity index (χ2n) is 14.3. The van der Waals surface area contributed by atoms with Crippen LogP contribution < -0.4 is 15.5 Å². The predicted octanol–water partition coefficient (Wildman–Crippen LogP) is 5.36. The quantitative estimate of drug-likeness (QED) is 0.0874. The molecule has 2 atom stereocenters. The number of ether oxygens (including phenoxy) is 2. The smallest absolute Gasteiger partial charge is 0.261 e. The number of likely N-dealkylation sites (tertiary alicyclic amines) is 1. The molecule has 1 amide bonds. The summed E-state index contributed by atoms with van der Waals surface area (Å²) >= 11 is 0. The minimum atomic E-state index is -2.73. The summed E-state index contributed by atoms with van der Waals surface area (Å²) in [6.07, 6.45) is 0.256. The van der Waals surface area contributed by atoms with E-state index in [4.69, 9.17) is 13.9 Å². The number of rotatable bonds is 12. The van der Waals surface area contributed by atoms with Crippen molar-refractivity contribution in [1.29, 1.82) is 0 Å². The molecule has 1 aliphatic heterocycles. The molecule has 0 radical (unpaired) electrons. The van der Waals surface area contributed by atoms with Crippen LogP contribution in [0.4, 0.5) is 0 Å². The molecular formula is C41H47N2O5Si-. The number of amides is 1. The Morgan fingerprint density at radius 1 is 0.837 bits per heavy atom. The number of hydrogen-bond acceptors (Lipinski definition) is 6. The van der Waals surface area contributed by atoms with Crippen molar-refractivity contribution in [3.63, 3.8) is 0 Å². The lowest BCUT2D eigenvalue weighted by Gasteiger charge is -2.44. The highest BCUT2D eigenvalue weighted by molar-refractivity contribution is 6.99. The van der Waals surface area contributed by atoms with Crippen LogP contribution >= 0.6 is 0 Å². The molecule has 0 spiro atoms. The van der Waals surface area contributed by atoms with Crippen LogP contribution in [0.25, 0.3) is 11.1 Å². The Labute approximate surface area is 291 Å². The van der Waals surface area contributed by atoms with Crippen LogP contribution in [0, 0.1) is 5.92 Å². The average molecular weight is 676 g/mol. The van der Waals surface area contributed by atoms with Crippen LogP contribution in [0.2, 0.25) is 5.04 Å². The fraction of sp³-hybridized carbons (Fsp3) is 0.366. The van der Waals surface area contributed by atoms with Gasteiger partial charge in [0.2, 0.25) is 5.91 Å². The molecule has 1 aliphatic carbocycles. The van der Waals surface area contributed by atoms with Crippen LogP contribution in [-0.4, -0.2) is 70.8 Å². The monoisotopic (exact) mass is 675 g/mol. The van der Waals surface area contributed by atoms with Gasteiger partial charge in [-0.1, -0.05) is 137 Å². The van der Waals surface area contributed by atoms with Crippen LogP contribution in [-0.2, 0) is 18.7 Å². The Balaban J connectivity index is 1.03. The van der Waals surface area contributed by atoms with E-state index in [1.165, 1.54) is 21.5 Å². The Hall–Kier alpha value is -4.24. The van der Waals surface area contributed by atoms with Crippen LogP contribution in [0.5, 0.6) is 0 Å². The first-order valence-electron chi connectivity index (χ1n) is 17.3. The van der Waals surface area contributed by atoms with Gasteiger partial charge in [-0.05, 0) is 50.0 Å². The number of carbonyl (C=O) groups excluding carboxylic acids is 1. The minimum Gasteiger partial charge on any atom is -0.599 e. The molecule has 7 nitrogen and oxygen atoms in total. The molecule has 0 N–H and O–H groups in total. The Bertz CT molecular complexity index is 1650. The second kappa shape index (κ2) is 15.1. The summed E-state index contributed by atoms with van der Waals surface area (Å²) in [7, 11) is -2.73. The lowest BCUT2D eigenvalue weighted by Crippen LogP contribution is -2.67. The summed E-state index contributed by atoms with van der Waals surface area (Å²) in [5.74, 6) is 0.276. The van der Waals surface area contributed by atoms with Crippen molar-refractivity contribution < 1.29 is 23.8 Å². The van der Waals surface area contributed by atoms with E-state index in [-0.39, 0.29) is 49.3 Å². The Morgan fingerprint density at radius 2 is 1.39 bits per heavy atom. The maximum absolute atomic E-state index is 13.4. The molecule has 0 saturated carbocycles. The highest BCUT2D eigenvalue weighted by Crippen LogP contribution is 2.44. The number of nitrogens with zero attached hydrogens (tertiary/aromatic N) is 2. The van der Waals surface area contributed by atoms with E-state index >= 15 is 0 Å². The molecule has 2 aliphatic rings. The van der Waals surface area contributed by atoms with Crippen LogP contribution in [0.3, 0.4) is 0 Å². The zero-order valence-electron chi connectivity index (χ0n) is 29.0. The average Bonchev–Trinajstić information content (AvgIpc) is 3.65. The van der Waals surface area contributed by atoms with Gasteiger partial charge in [-0.2, -0.15) is 0 Å². The molecule has 8 heteroatoms. The Kier molecular flexibility index (Phi) is 10.7. The summed E-state index contributed by atoms with van der Waals surface area (Å²) in [5.41, 5.74) is 4.67. The summed E-state index contributed by atoms with van der Waals surface area (Å²) < 4.78 is 18.5. The topological polar surface area (TPSA) is 83.4 Å². The van der Waals surface area contributed by atoms with E-state index in [1.807, 2.05) is 41.3 Å². The van der Waals surface area contributed by atoms with E-state index < -0.39 is 14.4 Å². The maximum atomic E-state index is 13.4. The van der Waals surface area contributed by atoms with Gasteiger partial charge in [-0.15, -0.1) is 0 Å². The van der Waals surface area contributed by atoms with Gasteiger partial charge in [0, 0.05) is 19.1 Å². The van der Waals surface area contributed by atoms with Crippen molar-refractivity contribution in [2.45, 2.75) is 51.1 Å². The van der Waals surface area contributed by atoms with Crippen LogP contribution in [0.1, 0.15) is 51.2 Å². The van der Waals surface area contributed by atoms with Gasteiger partial charge < -0.3 is 23.9 Å². The molecule has 4 aromatic rings. The van der Waals surface area contributed by atoms with E-state index in [1.54, 1.807) is 0 Å². The molecule has 256 valence electrons. The third-order valence-corrected chi connectivity index (χ3v) is 14.9. The highest BCUT2D eigenvalue weighted by atomic mass is 28.4. The van der Waals surface area contributed by atoms with E-state index in [9.17, 15) is 9.90 Å². The van der Waals surface area contributed by atoms with Gasteiger partial charge in [0.15, 0.2) is 0 Å². The number of carbonyl (C=O) groups is 1. The largest absolute Gasteiger partial charge is 0.599 e. The molecule has 0 bridgehead atoms. The van der Waals surface area contributed by atoms with Gasteiger partial charge in [-0.25, -0.2) is 0 Å². The molecule has 1 saturated heterocycles. The molecule has 49 heavy (non-hydrogen) atoms. The van der Waals surface area contributed by atoms with Gasteiger partial charge in [0.25, 0.3) is 8.32 Å². The van der Waals surface area contributed by atoms with Gasteiger partial charge in [0.05, 0.1) is 25.8 Å². The number of aliphatic imine (C=N–C) groups is 1. The third-order valence-electron chi connectivity index (χ3n) is 9.89. The molecular weight excluding hydrogens is 629 g/mol. The van der Waals surface area contributed by atoms with Crippen molar-refractivity contribution in [3.05, 3.63) is 120 Å². The van der Waals surface area contributed by atoms with Crippen molar-refractivity contribution in [2.75, 3.05) is 39.5 Å². The maximum Gasteiger partial charge on any atom is 0.261 e. The molecule has 0 aromatic heterocycles. The lowest BCUT2D eigenvalue weighted by molar-refractivity contribution is -0.251. The molecule has 4 aromatic carbocycles. The van der Waals surface area contributed by atoms with E-state index in [2.05, 4.69) is 105 Å². The summed E-state index contributed by atoms with van der Waals surface area (Å²) in [6.45, 7) is 10.5. The van der Waals surface area contributed by atoms with Gasteiger partial charge in [0.1, 0.15) is 12.7 Å². The molecule has 6 rings (SSSR count). The SMILES string of the molecule is C[C@@H]1C[C@@H](CO[Si](c2ccccc2)(c2ccccc2)C(C)(C)C)N(C(=O)COCCN=C([O-])OCC2c3ccccc3-c3ccccc32)C1. The number of fused-ring (bicyclic) bond motifs is 3. The fourth-order valence-electron chi connectivity index (χ4n) is 7.68. The van der Waals surface area contributed by atoms with E-state index in [0.717, 1.165) is 17.5 Å². The lowest BCUT2D eigenvalue weighted by atomic mass is 9.98. The second-order valence-corrected chi connectivity index (χ2v) is 18.6. The number of hydrogen-bond donors (Lipinski definition) is 0. The first-order valence-corrected chi connectivity index (χ1v) is 19.2. The van der Waals surface area contributed by atoms with Crippen LogP contribution in [0.15, 0.2) is 114 Å². The molecule has 0 unspecified atom stereocenters. The fourth-order valence-corrected chi connectivity index (χ4v) is 12.3. The van der Waals surface area contributed by atoms with Crippen molar-refractivity contribution in [3.8, 4) is 11.1 Å². The summed E-state index contributed by atoms with van der Waals surface area (Å²) in [5, 5.41) is 14.8. The normalized spacial score (nSPS) is 18.0. The summed E-state index contributed by atoms with van der Waals surface area (Å²) in [6, 6.07) is 37.6. The predicted molar refractivity (Wildman–Crippen MR) is 196 cm³/mol. The first-order chi connectivity index (χ1) is 23.7. The van der Waals surface area contributed by atoms with Crippen molar-refractivity contribution >= 4 is 30.7 Å². The van der Waals surface area contributed by atoms with Gasteiger partial charge >= 0.3 is 0 Å². The first kappa shape index (κ1) is 34.6. The summed E-state index contributed by atoms with van der Waals surface area (Å²) in [4.78, 5) is 19.4. The molecule has 1 fully saturated rings. The van der Waals surface area contributed by atoms with E-state index in [0.29, 0.717) is 19.1 Å². The third kappa shape index (κ3) is 7.37. The highest BCUT2D eigenvalue weighted by Gasteiger charge is 2.51. The zero-order valence-corrected chi connectivity index (χ0v) is 30.0. The van der Waals surface area contributed by atoms with Gasteiger partial charge in [-0.3, -0.25) is 9.79 Å².